The Bertz CT molecular complexity index is 327. The Balaban J connectivity index is 2.06. The van der Waals surface area contributed by atoms with Crippen molar-refractivity contribution in [3.63, 3.8) is 0 Å². The van der Waals surface area contributed by atoms with Crippen LogP contribution in [0.1, 0.15) is 39.5 Å². The van der Waals surface area contributed by atoms with Crippen molar-refractivity contribution in [2.75, 3.05) is 20.2 Å². The first-order valence-electron chi connectivity index (χ1n) is 7.08. The molecule has 1 aliphatic carbocycles. The van der Waals surface area contributed by atoms with Crippen molar-refractivity contribution in [2.24, 2.45) is 0 Å². The van der Waals surface area contributed by atoms with Crippen LogP contribution in [-0.4, -0.2) is 48.8 Å². The lowest BCUT2D eigenvalue weighted by atomic mass is 9.79. The highest BCUT2D eigenvalue weighted by molar-refractivity contribution is 5.11. The molecule has 18 heavy (non-hydrogen) atoms. The van der Waals surface area contributed by atoms with E-state index in [-0.39, 0.29) is 5.54 Å². The fourth-order valence-corrected chi connectivity index (χ4v) is 3.35. The average molecular weight is 251 g/mol. The van der Waals surface area contributed by atoms with Crippen molar-refractivity contribution in [2.45, 2.75) is 63.3 Å². The molecule has 1 aliphatic heterocycles. The van der Waals surface area contributed by atoms with Crippen LogP contribution in [0.5, 0.6) is 0 Å². The minimum Gasteiger partial charge on any atom is -0.376 e. The van der Waals surface area contributed by atoms with Crippen molar-refractivity contribution in [1.82, 2.24) is 10.2 Å². The van der Waals surface area contributed by atoms with Crippen molar-refractivity contribution in [3.8, 4) is 6.07 Å². The van der Waals surface area contributed by atoms with Gasteiger partial charge in [-0.05, 0) is 46.6 Å². The number of hydrogen-bond donors (Lipinski definition) is 1. The minimum absolute atomic E-state index is 0.314. The van der Waals surface area contributed by atoms with E-state index in [1.54, 1.807) is 0 Å². The predicted octanol–water partition coefficient (Wildman–Crippen LogP) is 1.52. The van der Waals surface area contributed by atoms with Crippen LogP contribution < -0.4 is 5.32 Å². The smallest absolute Gasteiger partial charge is 0.108 e. The van der Waals surface area contributed by atoms with Crippen LogP contribution in [0.4, 0.5) is 0 Å². The van der Waals surface area contributed by atoms with Crippen molar-refractivity contribution in [3.05, 3.63) is 0 Å². The Morgan fingerprint density at radius 3 is 2.89 bits per heavy atom. The summed E-state index contributed by atoms with van der Waals surface area (Å²) in [5, 5.41) is 12.7. The monoisotopic (exact) mass is 251 g/mol. The molecule has 102 valence electrons. The molecule has 4 nitrogen and oxygen atoms in total. The van der Waals surface area contributed by atoms with Crippen LogP contribution >= 0.6 is 0 Å². The van der Waals surface area contributed by atoms with Crippen LogP contribution in [0.15, 0.2) is 0 Å². The molecule has 0 aromatic rings. The van der Waals surface area contributed by atoms with E-state index in [0.717, 1.165) is 32.4 Å². The Morgan fingerprint density at radius 1 is 1.44 bits per heavy atom. The third-order valence-corrected chi connectivity index (χ3v) is 4.54. The zero-order valence-electron chi connectivity index (χ0n) is 11.8. The zero-order chi connectivity index (χ0) is 13.2. The summed E-state index contributed by atoms with van der Waals surface area (Å²) in [6.45, 7) is 6.18. The number of rotatable bonds is 2. The number of nitrogens with one attached hydrogen (secondary N) is 1. The molecule has 4 atom stereocenters. The summed E-state index contributed by atoms with van der Waals surface area (Å²) in [6, 6.07) is 3.48. The van der Waals surface area contributed by atoms with E-state index in [1.165, 1.54) is 6.42 Å². The number of ether oxygens (including phenoxy) is 1. The van der Waals surface area contributed by atoms with E-state index in [1.807, 2.05) is 7.05 Å². The normalized spacial score (nSPS) is 42.4. The fraction of sp³-hybridized carbons (Fsp3) is 0.929. The van der Waals surface area contributed by atoms with Crippen LogP contribution in [-0.2, 0) is 4.74 Å². The topological polar surface area (TPSA) is 48.3 Å². The van der Waals surface area contributed by atoms with Gasteiger partial charge in [0.15, 0.2) is 0 Å². The summed E-state index contributed by atoms with van der Waals surface area (Å²) >= 11 is 0. The van der Waals surface area contributed by atoms with Crippen LogP contribution in [0.25, 0.3) is 0 Å². The quantitative estimate of drug-likeness (QED) is 0.808. The number of morpholine rings is 1. The molecule has 1 saturated carbocycles. The molecule has 4 unspecified atom stereocenters. The second-order valence-corrected chi connectivity index (χ2v) is 5.88. The van der Waals surface area contributed by atoms with Gasteiger partial charge in [0.25, 0.3) is 0 Å². The summed E-state index contributed by atoms with van der Waals surface area (Å²) in [6.07, 6.45) is 4.58. The standard InChI is InChI=1S/C14H25N3O/c1-11-9-18-12(2)8-17(11)13-5-4-6-14(7-13,10-15)16-3/h11-13,16H,4-9H2,1-3H3. The predicted molar refractivity (Wildman–Crippen MR) is 71.2 cm³/mol. The fourth-order valence-electron chi connectivity index (χ4n) is 3.35. The van der Waals surface area contributed by atoms with Crippen LogP contribution in [0, 0.1) is 11.3 Å². The number of nitriles is 1. The maximum Gasteiger partial charge on any atom is 0.108 e. The Kier molecular flexibility index (Phi) is 4.26. The largest absolute Gasteiger partial charge is 0.376 e. The van der Waals surface area contributed by atoms with Gasteiger partial charge in [-0.2, -0.15) is 5.26 Å². The van der Waals surface area contributed by atoms with Gasteiger partial charge in [0.05, 0.1) is 18.8 Å². The lowest BCUT2D eigenvalue weighted by Gasteiger charge is -2.46. The number of hydrogen-bond acceptors (Lipinski definition) is 4. The Morgan fingerprint density at radius 2 is 2.22 bits per heavy atom. The molecule has 0 amide bonds. The second-order valence-electron chi connectivity index (χ2n) is 5.88. The molecule has 2 aliphatic rings. The van der Waals surface area contributed by atoms with Gasteiger partial charge in [-0.1, -0.05) is 0 Å². The molecule has 1 saturated heterocycles. The van der Waals surface area contributed by atoms with Gasteiger partial charge in [-0.25, -0.2) is 0 Å². The summed E-state index contributed by atoms with van der Waals surface area (Å²) in [5.74, 6) is 0. The highest BCUT2D eigenvalue weighted by Crippen LogP contribution is 2.32. The Hall–Kier alpha value is -0.630. The first-order valence-corrected chi connectivity index (χ1v) is 7.08. The van der Waals surface area contributed by atoms with Crippen molar-refractivity contribution >= 4 is 0 Å². The molecule has 1 N–H and O–H groups in total. The maximum atomic E-state index is 9.42. The second kappa shape index (κ2) is 5.56. The van der Waals surface area contributed by atoms with E-state index >= 15 is 0 Å². The maximum absolute atomic E-state index is 9.42. The molecule has 2 fully saturated rings. The molecule has 2 rings (SSSR count). The van der Waals surface area contributed by atoms with Gasteiger partial charge in [0.2, 0.25) is 0 Å². The van der Waals surface area contributed by atoms with E-state index in [9.17, 15) is 5.26 Å². The third-order valence-electron chi connectivity index (χ3n) is 4.54. The minimum atomic E-state index is -0.315. The lowest BCUT2D eigenvalue weighted by molar-refractivity contribution is -0.0745. The molecule has 0 aromatic heterocycles. The zero-order valence-corrected chi connectivity index (χ0v) is 11.8. The molecule has 0 aromatic carbocycles. The average Bonchev–Trinajstić information content (AvgIpc) is 2.41. The van der Waals surface area contributed by atoms with Gasteiger partial charge in [0, 0.05) is 18.6 Å². The van der Waals surface area contributed by atoms with Crippen molar-refractivity contribution in [1.29, 1.82) is 5.26 Å². The summed E-state index contributed by atoms with van der Waals surface area (Å²) in [5.41, 5.74) is -0.315. The first-order chi connectivity index (χ1) is 8.60. The summed E-state index contributed by atoms with van der Waals surface area (Å²) < 4.78 is 5.69. The Labute approximate surface area is 110 Å². The highest BCUT2D eigenvalue weighted by Gasteiger charge is 2.39. The van der Waals surface area contributed by atoms with Gasteiger partial charge >= 0.3 is 0 Å². The molecular weight excluding hydrogens is 226 g/mol. The van der Waals surface area contributed by atoms with E-state index in [0.29, 0.717) is 18.2 Å². The van der Waals surface area contributed by atoms with Gasteiger partial charge < -0.3 is 10.1 Å². The van der Waals surface area contributed by atoms with Gasteiger partial charge in [0.1, 0.15) is 5.54 Å². The molecule has 4 heteroatoms. The molecule has 0 bridgehead atoms. The van der Waals surface area contributed by atoms with Crippen molar-refractivity contribution < 1.29 is 4.74 Å². The lowest BCUT2D eigenvalue weighted by Crippen LogP contribution is -2.57. The molecule has 0 spiro atoms. The first kappa shape index (κ1) is 13.8. The summed E-state index contributed by atoms with van der Waals surface area (Å²) in [4.78, 5) is 2.55. The van der Waals surface area contributed by atoms with Gasteiger partial charge in [-0.3, -0.25) is 4.90 Å². The van der Waals surface area contributed by atoms with E-state index in [4.69, 9.17) is 4.74 Å². The van der Waals surface area contributed by atoms with Crippen LogP contribution in [0.3, 0.4) is 0 Å². The number of nitrogens with zero attached hydrogens (tertiary/aromatic N) is 2. The SMILES string of the molecule is CNC1(C#N)CCCC(N2CC(C)OCC2C)C1. The van der Waals surface area contributed by atoms with E-state index in [2.05, 4.69) is 30.1 Å². The highest BCUT2D eigenvalue weighted by atomic mass is 16.5. The molecular formula is C14H25N3O. The van der Waals surface area contributed by atoms with E-state index < -0.39 is 0 Å². The van der Waals surface area contributed by atoms with Crippen LogP contribution in [0.2, 0.25) is 0 Å². The summed E-state index contributed by atoms with van der Waals surface area (Å²) in [7, 11) is 1.91. The molecule has 0 radical (unpaired) electrons. The van der Waals surface area contributed by atoms with Gasteiger partial charge in [-0.15, -0.1) is 0 Å². The third kappa shape index (κ3) is 2.69. The molecule has 1 heterocycles.